The van der Waals surface area contributed by atoms with Crippen molar-refractivity contribution < 1.29 is 18.7 Å². The highest BCUT2D eigenvalue weighted by atomic mass is 32.2. The number of likely N-dealkylation sites (tertiary alicyclic amines) is 1. The lowest BCUT2D eigenvalue weighted by Crippen LogP contribution is -2.32. The summed E-state index contributed by atoms with van der Waals surface area (Å²) in [6.45, 7) is 0.710. The summed E-state index contributed by atoms with van der Waals surface area (Å²) in [7, 11) is 3.27. The molecule has 9 heteroatoms. The zero-order valence-corrected chi connectivity index (χ0v) is 17.1. The second-order valence-electron chi connectivity index (χ2n) is 6.60. The van der Waals surface area contributed by atoms with E-state index in [1.165, 1.54) is 11.8 Å². The summed E-state index contributed by atoms with van der Waals surface area (Å²) in [5, 5.41) is 8.40. The molecule has 8 nitrogen and oxygen atoms in total. The van der Waals surface area contributed by atoms with Crippen molar-refractivity contribution in [1.82, 2.24) is 20.1 Å². The Balaban J connectivity index is 1.44. The summed E-state index contributed by atoms with van der Waals surface area (Å²) >= 11 is 1.25. The van der Waals surface area contributed by atoms with Gasteiger partial charge in [-0.15, -0.1) is 10.2 Å². The molecule has 0 saturated carbocycles. The normalized spacial score (nSPS) is 16.2. The lowest BCUT2D eigenvalue weighted by Gasteiger charge is -2.26. The van der Waals surface area contributed by atoms with Gasteiger partial charge in [0, 0.05) is 18.3 Å². The smallest absolute Gasteiger partial charge is 0.277 e. The van der Waals surface area contributed by atoms with E-state index >= 15 is 0 Å². The standard InChI is InChI=1S/C20H22N4O4S/c1-26-13-7-8-17(27-2)14(11-13)16-6-4-10-24(16)18(25)12-29-20-23-22-19(28-20)15-5-3-9-21-15/h3,5,7-9,11,16,21H,4,6,10,12H2,1-2H3/t16-/m1/s1. The van der Waals surface area contributed by atoms with Crippen molar-refractivity contribution in [2.75, 3.05) is 26.5 Å². The summed E-state index contributed by atoms with van der Waals surface area (Å²) in [5.74, 6) is 2.18. The van der Waals surface area contributed by atoms with Crippen LogP contribution >= 0.6 is 11.8 Å². The van der Waals surface area contributed by atoms with Crippen LogP contribution in [0, 0.1) is 0 Å². The van der Waals surface area contributed by atoms with Crippen LogP contribution in [0.3, 0.4) is 0 Å². The van der Waals surface area contributed by atoms with Crippen LogP contribution in [0.15, 0.2) is 46.2 Å². The van der Waals surface area contributed by atoms with Crippen LogP contribution in [0.4, 0.5) is 0 Å². The molecule has 0 aliphatic carbocycles. The number of H-pyrrole nitrogens is 1. The van der Waals surface area contributed by atoms with E-state index in [0.717, 1.165) is 35.6 Å². The van der Waals surface area contributed by atoms with E-state index in [4.69, 9.17) is 13.9 Å². The third-order valence-electron chi connectivity index (χ3n) is 4.92. The molecule has 2 aromatic heterocycles. The number of methoxy groups -OCH3 is 2. The molecule has 152 valence electrons. The van der Waals surface area contributed by atoms with Gasteiger partial charge in [0.2, 0.25) is 5.91 Å². The van der Waals surface area contributed by atoms with E-state index < -0.39 is 0 Å². The number of rotatable bonds is 7. The number of nitrogens with one attached hydrogen (secondary N) is 1. The van der Waals surface area contributed by atoms with Crippen LogP contribution in [0.5, 0.6) is 11.5 Å². The number of nitrogens with zero attached hydrogens (tertiary/aromatic N) is 3. The first kappa shape index (κ1) is 19.4. The molecular weight excluding hydrogens is 392 g/mol. The van der Waals surface area contributed by atoms with E-state index in [0.29, 0.717) is 17.7 Å². The maximum Gasteiger partial charge on any atom is 0.277 e. The number of aromatic nitrogens is 3. The van der Waals surface area contributed by atoms with Crippen molar-refractivity contribution in [3.63, 3.8) is 0 Å². The Kier molecular flexibility index (Phi) is 5.75. The Labute approximate surface area is 172 Å². The lowest BCUT2D eigenvalue weighted by molar-refractivity contribution is -0.129. The summed E-state index contributed by atoms with van der Waals surface area (Å²) in [6, 6.07) is 9.36. The molecule has 1 saturated heterocycles. The van der Waals surface area contributed by atoms with E-state index in [2.05, 4.69) is 15.2 Å². The van der Waals surface area contributed by atoms with Gasteiger partial charge in [-0.25, -0.2) is 0 Å². The highest BCUT2D eigenvalue weighted by Gasteiger charge is 2.32. The molecule has 1 aliphatic heterocycles. The van der Waals surface area contributed by atoms with Crippen molar-refractivity contribution >= 4 is 17.7 Å². The largest absolute Gasteiger partial charge is 0.497 e. The minimum Gasteiger partial charge on any atom is -0.497 e. The van der Waals surface area contributed by atoms with Gasteiger partial charge in [-0.05, 0) is 43.2 Å². The molecule has 1 atom stereocenters. The molecule has 0 spiro atoms. The van der Waals surface area contributed by atoms with E-state index in [9.17, 15) is 4.79 Å². The molecule has 3 heterocycles. The second kappa shape index (κ2) is 8.60. The summed E-state index contributed by atoms with van der Waals surface area (Å²) in [4.78, 5) is 17.8. The van der Waals surface area contributed by atoms with Gasteiger partial charge < -0.3 is 23.8 Å². The predicted molar refractivity (Wildman–Crippen MR) is 108 cm³/mol. The highest BCUT2D eigenvalue weighted by molar-refractivity contribution is 7.99. The molecule has 0 bridgehead atoms. The number of hydrogen-bond acceptors (Lipinski definition) is 7. The molecule has 1 aliphatic rings. The molecule has 0 unspecified atom stereocenters. The first-order valence-corrected chi connectivity index (χ1v) is 10.3. The summed E-state index contributed by atoms with van der Waals surface area (Å²) in [6.07, 6.45) is 3.62. The van der Waals surface area contributed by atoms with Crippen molar-refractivity contribution in [1.29, 1.82) is 0 Å². The average Bonchev–Trinajstić information content (AvgIpc) is 3.52. The van der Waals surface area contributed by atoms with Crippen LogP contribution in [0.2, 0.25) is 0 Å². The van der Waals surface area contributed by atoms with Crippen LogP contribution in [0.25, 0.3) is 11.6 Å². The average molecular weight is 414 g/mol. The Morgan fingerprint density at radius 2 is 2.21 bits per heavy atom. The van der Waals surface area contributed by atoms with Crippen molar-refractivity contribution in [3.05, 3.63) is 42.1 Å². The minimum absolute atomic E-state index is 0.0296. The Morgan fingerprint density at radius 3 is 2.97 bits per heavy atom. The van der Waals surface area contributed by atoms with Gasteiger partial charge in [-0.2, -0.15) is 0 Å². The number of amides is 1. The molecule has 1 fully saturated rings. The number of thioether (sulfide) groups is 1. The molecule has 1 aromatic carbocycles. The lowest BCUT2D eigenvalue weighted by atomic mass is 10.0. The molecule has 4 rings (SSSR count). The van der Waals surface area contributed by atoms with Gasteiger partial charge in [0.15, 0.2) is 0 Å². The van der Waals surface area contributed by atoms with Crippen molar-refractivity contribution in [2.45, 2.75) is 24.1 Å². The zero-order chi connectivity index (χ0) is 20.2. The van der Waals surface area contributed by atoms with Crippen LogP contribution in [0.1, 0.15) is 24.4 Å². The van der Waals surface area contributed by atoms with Crippen molar-refractivity contribution in [2.24, 2.45) is 0 Å². The maximum atomic E-state index is 12.9. The van der Waals surface area contributed by atoms with Gasteiger partial charge in [0.05, 0.1) is 26.0 Å². The Bertz CT molecular complexity index is 973. The molecule has 3 aromatic rings. The third-order valence-corrected chi connectivity index (χ3v) is 5.73. The molecule has 1 N–H and O–H groups in total. The number of ether oxygens (including phenoxy) is 2. The van der Waals surface area contributed by atoms with Gasteiger partial charge in [-0.1, -0.05) is 11.8 Å². The van der Waals surface area contributed by atoms with E-state index in [-0.39, 0.29) is 17.7 Å². The monoisotopic (exact) mass is 414 g/mol. The third kappa shape index (κ3) is 4.09. The molecule has 0 radical (unpaired) electrons. The Morgan fingerprint density at radius 1 is 1.31 bits per heavy atom. The maximum absolute atomic E-state index is 12.9. The Hall–Kier alpha value is -2.94. The topological polar surface area (TPSA) is 93.5 Å². The SMILES string of the molecule is COc1ccc(OC)c([C@H]2CCCN2C(=O)CSc2nnc(-c3ccc[nH]3)o2)c1. The number of benzene rings is 1. The minimum atomic E-state index is -0.0367. The highest BCUT2D eigenvalue weighted by Crippen LogP contribution is 2.39. The zero-order valence-electron chi connectivity index (χ0n) is 16.3. The summed E-state index contributed by atoms with van der Waals surface area (Å²) in [5.41, 5.74) is 1.72. The van der Waals surface area contributed by atoms with Crippen LogP contribution in [-0.4, -0.2) is 52.5 Å². The fourth-order valence-electron chi connectivity index (χ4n) is 3.54. The van der Waals surface area contributed by atoms with Gasteiger partial charge in [-0.3, -0.25) is 4.79 Å². The van der Waals surface area contributed by atoms with Crippen LogP contribution in [-0.2, 0) is 4.79 Å². The number of aromatic amines is 1. The fourth-order valence-corrected chi connectivity index (χ4v) is 4.18. The molecule has 1 amide bonds. The van der Waals surface area contributed by atoms with Gasteiger partial charge >= 0.3 is 0 Å². The second-order valence-corrected chi connectivity index (χ2v) is 7.53. The molecular formula is C20H22N4O4S. The van der Waals surface area contributed by atoms with E-state index in [1.807, 2.05) is 35.2 Å². The number of carbonyl (C=O) groups excluding carboxylic acids is 1. The predicted octanol–water partition coefficient (Wildman–Crippen LogP) is 3.54. The van der Waals surface area contributed by atoms with Crippen LogP contribution < -0.4 is 9.47 Å². The quantitative estimate of drug-likeness (QED) is 0.591. The molecule has 29 heavy (non-hydrogen) atoms. The summed E-state index contributed by atoms with van der Waals surface area (Å²) < 4.78 is 16.5. The fraction of sp³-hybridized carbons (Fsp3) is 0.350. The number of hydrogen-bond donors (Lipinski definition) is 1. The van der Waals surface area contributed by atoms with E-state index in [1.54, 1.807) is 20.4 Å². The first-order chi connectivity index (χ1) is 14.2. The van der Waals surface area contributed by atoms with Crippen molar-refractivity contribution in [3.8, 4) is 23.1 Å². The number of carbonyl (C=O) groups is 1. The van der Waals surface area contributed by atoms with Gasteiger partial charge in [0.1, 0.15) is 17.2 Å². The van der Waals surface area contributed by atoms with Gasteiger partial charge in [0.25, 0.3) is 11.1 Å². The first-order valence-electron chi connectivity index (χ1n) is 9.31.